The monoisotopic (exact) mass is 363 g/mol. The van der Waals surface area contributed by atoms with E-state index in [2.05, 4.69) is 0 Å². The maximum atomic E-state index is 13.7. The molecule has 0 aliphatic carbocycles. The molecule has 2 aromatic rings. The van der Waals surface area contributed by atoms with Crippen LogP contribution in [0.5, 0.6) is 5.75 Å². The molecule has 2 rings (SSSR count). The molecule has 0 amide bonds. The first-order chi connectivity index (χ1) is 11.2. The number of halogens is 4. The summed E-state index contributed by atoms with van der Waals surface area (Å²) in [5.74, 6) is -5.88. The molecule has 9 heteroatoms. The van der Waals surface area contributed by atoms with Gasteiger partial charge in [-0.3, -0.25) is 0 Å². The Balaban J connectivity index is 2.33. The molecule has 2 aromatic carbocycles. The number of methoxy groups -OCH3 is 1. The zero-order valence-corrected chi connectivity index (χ0v) is 13.5. The van der Waals surface area contributed by atoms with Crippen LogP contribution in [-0.2, 0) is 16.6 Å². The minimum atomic E-state index is -4.44. The van der Waals surface area contributed by atoms with Crippen molar-refractivity contribution in [3.63, 3.8) is 0 Å². The van der Waals surface area contributed by atoms with E-state index < -0.39 is 38.2 Å². The zero-order valence-electron chi connectivity index (χ0n) is 12.7. The Morgan fingerprint density at radius 1 is 1.00 bits per heavy atom. The first-order valence-corrected chi connectivity index (χ1v) is 8.04. The van der Waals surface area contributed by atoms with Crippen molar-refractivity contribution in [2.24, 2.45) is 0 Å². The van der Waals surface area contributed by atoms with Gasteiger partial charge in [0.15, 0.2) is 29.0 Å². The van der Waals surface area contributed by atoms with Gasteiger partial charge in [-0.2, -0.15) is 4.31 Å². The van der Waals surface area contributed by atoms with Gasteiger partial charge in [0.05, 0.1) is 7.11 Å². The molecule has 0 radical (unpaired) electrons. The van der Waals surface area contributed by atoms with Gasteiger partial charge in [0.25, 0.3) is 0 Å². The van der Waals surface area contributed by atoms with Gasteiger partial charge < -0.3 is 4.74 Å². The fourth-order valence-corrected chi connectivity index (χ4v) is 3.24. The van der Waals surface area contributed by atoms with Crippen molar-refractivity contribution >= 4 is 10.0 Å². The molecule has 0 aliphatic rings. The standard InChI is InChI=1S/C15H13F4NO3S/c1-20(8-9-3-5-12(23-2)11(17)7-9)24(21,22)13-6-4-10(16)14(18)15(13)19/h3-7H,8H2,1-2H3. The highest BCUT2D eigenvalue weighted by atomic mass is 32.2. The van der Waals surface area contributed by atoms with Crippen molar-refractivity contribution in [1.82, 2.24) is 4.31 Å². The van der Waals surface area contributed by atoms with Crippen LogP contribution in [0.25, 0.3) is 0 Å². The fraction of sp³-hybridized carbons (Fsp3) is 0.200. The van der Waals surface area contributed by atoms with Gasteiger partial charge in [-0.25, -0.2) is 26.0 Å². The van der Waals surface area contributed by atoms with Crippen LogP contribution in [0.4, 0.5) is 17.6 Å². The van der Waals surface area contributed by atoms with Crippen LogP contribution in [0.1, 0.15) is 5.56 Å². The molecule has 24 heavy (non-hydrogen) atoms. The van der Waals surface area contributed by atoms with Crippen LogP contribution >= 0.6 is 0 Å². The highest BCUT2D eigenvalue weighted by molar-refractivity contribution is 7.89. The van der Waals surface area contributed by atoms with Gasteiger partial charge in [-0.1, -0.05) is 6.07 Å². The van der Waals surface area contributed by atoms with Gasteiger partial charge in [0, 0.05) is 13.6 Å². The summed E-state index contributed by atoms with van der Waals surface area (Å²) in [6, 6.07) is 4.95. The highest BCUT2D eigenvalue weighted by Gasteiger charge is 2.28. The van der Waals surface area contributed by atoms with Crippen molar-refractivity contribution in [3.05, 3.63) is 59.2 Å². The predicted octanol–water partition coefficient (Wildman–Crippen LogP) is 3.07. The summed E-state index contributed by atoms with van der Waals surface area (Å²) in [5, 5.41) is 0. The van der Waals surface area contributed by atoms with Crippen LogP contribution in [0.15, 0.2) is 35.2 Å². The van der Waals surface area contributed by atoms with Crippen LogP contribution in [-0.4, -0.2) is 26.9 Å². The molecule has 0 bridgehead atoms. The Labute approximate surface area is 136 Å². The minimum Gasteiger partial charge on any atom is -0.494 e. The molecule has 4 nitrogen and oxygen atoms in total. The topological polar surface area (TPSA) is 46.6 Å². The van der Waals surface area contributed by atoms with Crippen molar-refractivity contribution in [2.45, 2.75) is 11.4 Å². The van der Waals surface area contributed by atoms with E-state index in [1.807, 2.05) is 0 Å². The van der Waals surface area contributed by atoms with E-state index in [1.165, 1.54) is 19.2 Å². The van der Waals surface area contributed by atoms with E-state index in [4.69, 9.17) is 4.74 Å². The van der Waals surface area contributed by atoms with Crippen LogP contribution in [0.3, 0.4) is 0 Å². The number of benzene rings is 2. The maximum absolute atomic E-state index is 13.7. The molecule has 0 unspecified atom stereocenters. The van der Waals surface area contributed by atoms with E-state index in [-0.39, 0.29) is 17.9 Å². The Morgan fingerprint density at radius 3 is 2.25 bits per heavy atom. The van der Waals surface area contributed by atoms with Gasteiger partial charge in [-0.15, -0.1) is 0 Å². The van der Waals surface area contributed by atoms with Gasteiger partial charge in [0.2, 0.25) is 10.0 Å². The molecular weight excluding hydrogens is 350 g/mol. The molecule has 0 N–H and O–H groups in total. The summed E-state index contributed by atoms with van der Waals surface area (Å²) in [5.41, 5.74) is 0.266. The van der Waals surface area contributed by atoms with Crippen LogP contribution in [0, 0.1) is 23.3 Å². The number of hydrogen-bond donors (Lipinski definition) is 0. The second-order valence-corrected chi connectivity index (χ2v) is 6.92. The summed E-state index contributed by atoms with van der Waals surface area (Å²) < 4.78 is 83.6. The second kappa shape index (κ2) is 6.78. The summed E-state index contributed by atoms with van der Waals surface area (Å²) in [4.78, 5) is -1.00. The summed E-state index contributed by atoms with van der Waals surface area (Å²) in [6.07, 6.45) is 0. The third-order valence-corrected chi connectivity index (χ3v) is 5.13. The molecule has 0 saturated heterocycles. The number of ether oxygens (including phenoxy) is 1. The average molecular weight is 363 g/mol. The number of nitrogens with zero attached hydrogens (tertiary/aromatic N) is 1. The van der Waals surface area contributed by atoms with Crippen LogP contribution < -0.4 is 4.74 Å². The highest BCUT2D eigenvalue weighted by Crippen LogP contribution is 2.24. The maximum Gasteiger partial charge on any atom is 0.246 e. The number of sulfonamides is 1. The molecular formula is C15H13F4NO3S. The first kappa shape index (κ1) is 18.2. The Morgan fingerprint density at radius 2 is 1.67 bits per heavy atom. The van der Waals surface area contributed by atoms with Crippen molar-refractivity contribution in [1.29, 1.82) is 0 Å². The summed E-state index contributed by atoms with van der Waals surface area (Å²) in [6.45, 7) is -0.304. The molecule has 0 aliphatic heterocycles. The van der Waals surface area contributed by atoms with Crippen molar-refractivity contribution < 1.29 is 30.7 Å². The van der Waals surface area contributed by atoms with Crippen molar-refractivity contribution in [3.8, 4) is 5.75 Å². The van der Waals surface area contributed by atoms with Crippen molar-refractivity contribution in [2.75, 3.05) is 14.2 Å². The smallest absolute Gasteiger partial charge is 0.246 e. The molecule has 0 atom stereocenters. The van der Waals surface area contributed by atoms with Gasteiger partial charge in [0.1, 0.15) is 4.90 Å². The summed E-state index contributed by atoms with van der Waals surface area (Å²) >= 11 is 0. The van der Waals surface area contributed by atoms with E-state index in [9.17, 15) is 26.0 Å². The molecule has 0 heterocycles. The number of rotatable bonds is 5. The van der Waals surface area contributed by atoms with Crippen LogP contribution in [0.2, 0.25) is 0 Å². The molecule has 130 valence electrons. The second-order valence-electron chi connectivity index (χ2n) is 4.90. The average Bonchev–Trinajstić information content (AvgIpc) is 2.52. The Hall–Kier alpha value is -2.13. The fourth-order valence-electron chi connectivity index (χ4n) is 2.03. The minimum absolute atomic E-state index is 0.0177. The lowest BCUT2D eigenvalue weighted by atomic mass is 10.2. The van der Waals surface area contributed by atoms with E-state index in [0.717, 1.165) is 13.1 Å². The van der Waals surface area contributed by atoms with E-state index in [0.29, 0.717) is 16.4 Å². The third-order valence-electron chi connectivity index (χ3n) is 3.31. The van der Waals surface area contributed by atoms with E-state index >= 15 is 0 Å². The normalized spacial score (nSPS) is 11.8. The molecule has 0 saturated carbocycles. The van der Waals surface area contributed by atoms with Gasteiger partial charge in [-0.05, 0) is 29.8 Å². The first-order valence-electron chi connectivity index (χ1n) is 6.60. The predicted molar refractivity (Wildman–Crippen MR) is 77.9 cm³/mol. The van der Waals surface area contributed by atoms with Gasteiger partial charge >= 0.3 is 0 Å². The quantitative estimate of drug-likeness (QED) is 0.606. The largest absolute Gasteiger partial charge is 0.494 e. The zero-order chi connectivity index (χ0) is 18.1. The molecule has 0 aromatic heterocycles. The Bertz CT molecular complexity index is 871. The summed E-state index contributed by atoms with van der Waals surface area (Å²) in [7, 11) is -2.05. The lowest BCUT2D eigenvalue weighted by molar-refractivity contribution is 0.385. The number of hydrogen-bond acceptors (Lipinski definition) is 3. The molecule has 0 fully saturated rings. The van der Waals surface area contributed by atoms with E-state index in [1.54, 1.807) is 0 Å². The Kier molecular flexibility index (Phi) is 5.14. The lowest BCUT2D eigenvalue weighted by Gasteiger charge is -2.18. The third kappa shape index (κ3) is 3.36. The SMILES string of the molecule is COc1ccc(CN(C)S(=O)(=O)c2ccc(F)c(F)c2F)cc1F. The lowest BCUT2D eigenvalue weighted by Crippen LogP contribution is -2.27. The molecule has 0 spiro atoms.